The first-order valence-electron chi connectivity index (χ1n) is 5.87. The van der Waals surface area contributed by atoms with Crippen LogP contribution in [0.2, 0.25) is 0 Å². The Morgan fingerprint density at radius 3 is 2.94 bits per heavy atom. The molecule has 3 rings (SSSR count). The van der Waals surface area contributed by atoms with Gasteiger partial charge in [-0.2, -0.15) is 0 Å². The van der Waals surface area contributed by atoms with Crippen LogP contribution in [0.4, 0.5) is 5.69 Å². The molecule has 0 saturated carbocycles. The maximum Gasteiger partial charge on any atom is 0.249 e. The lowest BCUT2D eigenvalue weighted by molar-refractivity contribution is -0.129. The van der Waals surface area contributed by atoms with Gasteiger partial charge in [-0.05, 0) is 38.9 Å². The van der Waals surface area contributed by atoms with E-state index in [1.54, 1.807) is 0 Å². The molecular weight excluding hydrogens is 200 g/mol. The summed E-state index contributed by atoms with van der Waals surface area (Å²) in [7, 11) is 2.06. The van der Waals surface area contributed by atoms with Crippen molar-refractivity contribution >= 4 is 11.6 Å². The van der Waals surface area contributed by atoms with Crippen LogP contribution < -0.4 is 5.32 Å². The molecule has 1 atom stereocenters. The predicted molar refractivity (Wildman–Crippen MR) is 63.2 cm³/mol. The number of amides is 1. The lowest BCUT2D eigenvalue weighted by Gasteiger charge is -2.40. The third-order valence-electron chi connectivity index (χ3n) is 3.93. The summed E-state index contributed by atoms with van der Waals surface area (Å²) in [5.41, 5.74) is 1.75. The molecule has 3 nitrogen and oxygen atoms in total. The van der Waals surface area contributed by atoms with E-state index in [1.807, 2.05) is 18.2 Å². The van der Waals surface area contributed by atoms with Gasteiger partial charge in [0.05, 0.1) is 0 Å². The van der Waals surface area contributed by atoms with Crippen molar-refractivity contribution in [3.8, 4) is 0 Å². The Bertz CT molecular complexity index is 443. The van der Waals surface area contributed by atoms with Gasteiger partial charge in [-0.15, -0.1) is 0 Å². The van der Waals surface area contributed by atoms with E-state index in [2.05, 4.69) is 23.3 Å². The van der Waals surface area contributed by atoms with Gasteiger partial charge in [0.2, 0.25) is 5.91 Å². The summed E-state index contributed by atoms with van der Waals surface area (Å²) in [5, 5.41) is 3.01. The number of carbonyl (C=O) groups is 1. The average Bonchev–Trinajstić information content (AvgIpc) is 2.57. The topological polar surface area (TPSA) is 32.3 Å². The molecule has 1 aromatic rings. The molecular formula is C13H16N2O. The van der Waals surface area contributed by atoms with Gasteiger partial charge in [-0.1, -0.05) is 18.2 Å². The highest BCUT2D eigenvalue weighted by Gasteiger charge is 2.50. The minimum absolute atomic E-state index is 0.149. The maximum atomic E-state index is 12.3. The number of likely N-dealkylation sites (N-methyl/N-ethyl adjacent to an activating group) is 1. The molecule has 2 aliphatic rings. The molecule has 2 aliphatic heterocycles. The van der Waals surface area contributed by atoms with E-state index in [-0.39, 0.29) is 5.91 Å². The van der Waals surface area contributed by atoms with Crippen molar-refractivity contribution < 1.29 is 4.79 Å². The number of hydrogen-bond acceptors (Lipinski definition) is 2. The van der Waals surface area contributed by atoms with Crippen molar-refractivity contribution in [2.24, 2.45) is 0 Å². The van der Waals surface area contributed by atoms with Crippen molar-refractivity contribution in [1.82, 2.24) is 4.90 Å². The van der Waals surface area contributed by atoms with Crippen LogP contribution in [0.1, 0.15) is 24.8 Å². The third kappa shape index (κ3) is 1.09. The van der Waals surface area contributed by atoms with E-state index in [0.29, 0.717) is 0 Å². The van der Waals surface area contributed by atoms with Crippen molar-refractivity contribution in [1.29, 1.82) is 0 Å². The van der Waals surface area contributed by atoms with Crippen LogP contribution >= 0.6 is 0 Å². The zero-order chi connectivity index (χ0) is 11.2. The summed E-state index contributed by atoms with van der Waals surface area (Å²) in [6, 6.07) is 8.06. The van der Waals surface area contributed by atoms with Crippen molar-refractivity contribution in [3.05, 3.63) is 29.8 Å². The second-order valence-corrected chi connectivity index (χ2v) is 4.74. The second kappa shape index (κ2) is 3.32. The Labute approximate surface area is 95.4 Å². The van der Waals surface area contributed by atoms with Crippen LogP contribution in [0.3, 0.4) is 0 Å². The number of likely N-dealkylation sites (tertiary alicyclic amines) is 1. The minimum atomic E-state index is -0.394. The van der Waals surface area contributed by atoms with Crippen LogP contribution in [0.5, 0.6) is 0 Å². The van der Waals surface area contributed by atoms with E-state index in [4.69, 9.17) is 0 Å². The fourth-order valence-corrected chi connectivity index (χ4v) is 3.04. The van der Waals surface area contributed by atoms with E-state index in [9.17, 15) is 4.79 Å². The molecule has 0 aliphatic carbocycles. The van der Waals surface area contributed by atoms with E-state index in [1.165, 1.54) is 6.42 Å². The largest absolute Gasteiger partial charge is 0.324 e. The zero-order valence-electron chi connectivity index (χ0n) is 9.49. The van der Waals surface area contributed by atoms with Crippen molar-refractivity contribution in [2.75, 3.05) is 18.9 Å². The highest BCUT2D eigenvalue weighted by Crippen LogP contribution is 2.45. The molecule has 84 valence electrons. The summed E-state index contributed by atoms with van der Waals surface area (Å²) in [4.78, 5) is 14.5. The quantitative estimate of drug-likeness (QED) is 0.719. The maximum absolute atomic E-state index is 12.3. The zero-order valence-corrected chi connectivity index (χ0v) is 9.49. The molecule has 1 N–H and O–H groups in total. The number of nitrogens with zero attached hydrogens (tertiary/aromatic N) is 1. The Morgan fingerprint density at radius 2 is 2.12 bits per heavy atom. The molecule has 1 unspecified atom stereocenters. The van der Waals surface area contributed by atoms with E-state index >= 15 is 0 Å². The fraction of sp³-hybridized carbons (Fsp3) is 0.462. The first kappa shape index (κ1) is 9.85. The van der Waals surface area contributed by atoms with Gasteiger partial charge in [0, 0.05) is 11.3 Å². The molecule has 3 heteroatoms. The van der Waals surface area contributed by atoms with Gasteiger partial charge >= 0.3 is 0 Å². The number of nitrogens with one attached hydrogen (secondary N) is 1. The number of anilines is 1. The number of benzene rings is 1. The smallest absolute Gasteiger partial charge is 0.249 e. The Hall–Kier alpha value is -1.35. The first-order chi connectivity index (χ1) is 7.75. The number of hydrogen-bond donors (Lipinski definition) is 1. The summed E-state index contributed by atoms with van der Waals surface area (Å²) in [6.45, 7) is 1.00. The highest BCUT2D eigenvalue weighted by atomic mass is 16.2. The average molecular weight is 216 g/mol. The highest BCUT2D eigenvalue weighted by molar-refractivity contribution is 6.05. The molecule has 1 saturated heterocycles. The third-order valence-corrected chi connectivity index (χ3v) is 3.93. The number of rotatable bonds is 0. The number of para-hydroxylation sites is 1. The van der Waals surface area contributed by atoms with E-state index in [0.717, 1.165) is 30.6 Å². The standard InChI is InChI=1S/C13H16N2O/c1-15-9-5-4-8-13(15)10-6-2-3-7-11(10)14-12(13)16/h2-3,6-7H,4-5,8-9H2,1H3,(H,14,16). The van der Waals surface area contributed by atoms with E-state index < -0.39 is 5.54 Å². The first-order valence-corrected chi connectivity index (χ1v) is 5.87. The molecule has 2 heterocycles. The predicted octanol–water partition coefficient (Wildman–Crippen LogP) is 1.95. The van der Waals surface area contributed by atoms with Crippen LogP contribution in [-0.4, -0.2) is 24.4 Å². The van der Waals surface area contributed by atoms with Gasteiger partial charge < -0.3 is 5.32 Å². The SMILES string of the molecule is CN1CCCCC12C(=O)Nc1ccccc12. The Balaban J connectivity index is 2.16. The lowest BCUT2D eigenvalue weighted by Crippen LogP contribution is -2.51. The minimum Gasteiger partial charge on any atom is -0.324 e. The summed E-state index contributed by atoms with van der Waals surface area (Å²) < 4.78 is 0. The molecule has 1 fully saturated rings. The number of piperidine rings is 1. The molecule has 1 aromatic carbocycles. The number of carbonyl (C=O) groups excluding carboxylic acids is 1. The van der Waals surface area contributed by atoms with Gasteiger partial charge in [-0.3, -0.25) is 9.69 Å². The molecule has 16 heavy (non-hydrogen) atoms. The van der Waals surface area contributed by atoms with Crippen molar-refractivity contribution in [3.63, 3.8) is 0 Å². The van der Waals surface area contributed by atoms with Gasteiger partial charge in [0.15, 0.2) is 0 Å². The van der Waals surface area contributed by atoms with Crippen molar-refractivity contribution in [2.45, 2.75) is 24.8 Å². The summed E-state index contributed by atoms with van der Waals surface area (Å²) >= 11 is 0. The number of fused-ring (bicyclic) bond motifs is 2. The van der Waals surface area contributed by atoms with Crippen LogP contribution in [0.15, 0.2) is 24.3 Å². The monoisotopic (exact) mass is 216 g/mol. The fourth-order valence-electron chi connectivity index (χ4n) is 3.04. The molecule has 0 aromatic heterocycles. The summed E-state index contributed by atoms with van der Waals surface area (Å²) in [5.74, 6) is 0.149. The summed E-state index contributed by atoms with van der Waals surface area (Å²) in [6.07, 6.45) is 3.26. The second-order valence-electron chi connectivity index (χ2n) is 4.74. The molecule has 0 bridgehead atoms. The van der Waals surface area contributed by atoms with Gasteiger partial charge in [0.25, 0.3) is 0 Å². The molecule has 1 amide bonds. The van der Waals surface area contributed by atoms with Crippen LogP contribution in [0, 0.1) is 0 Å². The van der Waals surface area contributed by atoms with Gasteiger partial charge in [0.1, 0.15) is 5.54 Å². The molecule has 1 spiro atoms. The lowest BCUT2D eigenvalue weighted by atomic mass is 9.82. The Kier molecular flexibility index (Phi) is 2.04. The molecule has 0 radical (unpaired) electrons. The normalized spacial score (nSPS) is 29.2. The van der Waals surface area contributed by atoms with Crippen LogP contribution in [-0.2, 0) is 10.3 Å². The van der Waals surface area contributed by atoms with Crippen LogP contribution in [0.25, 0.3) is 0 Å². The van der Waals surface area contributed by atoms with Gasteiger partial charge in [-0.25, -0.2) is 0 Å². The Morgan fingerprint density at radius 1 is 1.31 bits per heavy atom.